The van der Waals surface area contributed by atoms with E-state index in [0.717, 1.165) is 46.8 Å². The van der Waals surface area contributed by atoms with E-state index in [1.165, 1.54) is 5.56 Å². The molecule has 0 spiro atoms. The first-order chi connectivity index (χ1) is 9.72. The van der Waals surface area contributed by atoms with Crippen LogP contribution in [0.15, 0.2) is 38.4 Å². The number of nitrogens with zero attached hydrogens (tertiary/aromatic N) is 1. The van der Waals surface area contributed by atoms with E-state index in [0.29, 0.717) is 5.55 Å². The molecule has 2 aromatic heterocycles. The second-order valence-electron chi connectivity index (χ2n) is 5.11. The van der Waals surface area contributed by atoms with Crippen LogP contribution >= 0.6 is 0 Å². The molecule has 0 aliphatic heterocycles. The summed E-state index contributed by atoms with van der Waals surface area (Å²) in [5.74, 6) is 5.36. The van der Waals surface area contributed by atoms with Crippen molar-refractivity contribution in [2.75, 3.05) is 0 Å². The monoisotopic (exact) mass is 270 g/mol. The number of fused-ring (bicyclic) bond motifs is 2. The molecule has 0 amide bonds. The highest BCUT2D eigenvalue weighted by molar-refractivity contribution is 5.96. The maximum Gasteiger partial charge on any atom is 0.236 e. The number of nitrogens with two attached hydrogens (primary N) is 1. The Bertz CT molecular complexity index is 827. The summed E-state index contributed by atoms with van der Waals surface area (Å²) in [5, 5.41) is 5.92. The lowest BCUT2D eigenvalue weighted by molar-refractivity contribution is 0.533. The molecule has 0 aliphatic rings. The molecule has 3 rings (SSSR count). The van der Waals surface area contributed by atoms with Crippen molar-refractivity contribution < 1.29 is 8.83 Å². The molecule has 2 heterocycles. The number of hydrogen-bond acceptors (Lipinski definition) is 4. The first kappa shape index (κ1) is 12.8. The smallest absolute Gasteiger partial charge is 0.236 e. The molecular weight excluding hydrogens is 252 g/mol. The average molecular weight is 270 g/mol. The number of aryl methyl sites for hydroxylation is 2. The fourth-order valence-electron chi connectivity index (χ4n) is 2.52. The number of furan rings is 1. The van der Waals surface area contributed by atoms with Crippen LogP contribution in [-0.4, -0.2) is 0 Å². The molecule has 4 heteroatoms. The minimum atomic E-state index is 0.450. The molecule has 0 saturated carbocycles. The zero-order chi connectivity index (χ0) is 14.1. The molecule has 0 atom stereocenters. The molecule has 0 saturated heterocycles. The lowest BCUT2D eigenvalue weighted by Gasteiger charge is -2.06. The highest BCUT2D eigenvalue weighted by Crippen LogP contribution is 2.28. The Morgan fingerprint density at radius 2 is 2.00 bits per heavy atom. The van der Waals surface area contributed by atoms with Gasteiger partial charge in [-0.2, -0.15) is 0 Å². The highest BCUT2D eigenvalue weighted by atomic mass is 16.3. The quantitative estimate of drug-likeness (QED) is 0.584. The highest BCUT2D eigenvalue weighted by Gasteiger charge is 2.10. The van der Waals surface area contributed by atoms with Gasteiger partial charge in [0, 0.05) is 22.9 Å². The first-order valence-corrected chi connectivity index (χ1v) is 6.91. The van der Waals surface area contributed by atoms with E-state index in [1.807, 2.05) is 19.1 Å². The Balaban J connectivity index is 2.33. The third-order valence-electron chi connectivity index (χ3n) is 3.65. The van der Waals surface area contributed by atoms with Gasteiger partial charge in [0.1, 0.15) is 11.2 Å². The van der Waals surface area contributed by atoms with Crippen molar-refractivity contribution in [3.63, 3.8) is 0 Å². The van der Waals surface area contributed by atoms with Gasteiger partial charge in [0.25, 0.3) is 0 Å². The van der Waals surface area contributed by atoms with Gasteiger partial charge in [-0.3, -0.25) is 0 Å². The summed E-state index contributed by atoms with van der Waals surface area (Å²) in [5.41, 5.74) is 4.40. The summed E-state index contributed by atoms with van der Waals surface area (Å²) >= 11 is 0. The van der Waals surface area contributed by atoms with Gasteiger partial charge in [0.05, 0.1) is 6.26 Å². The SMILES string of the molecule is CCCCc1cc(=NN)oc2cc3occ(C)c3cc12. The molecule has 1 aromatic carbocycles. The van der Waals surface area contributed by atoms with Gasteiger partial charge in [-0.25, -0.2) is 0 Å². The third kappa shape index (κ3) is 2.07. The van der Waals surface area contributed by atoms with Gasteiger partial charge in [0.2, 0.25) is 5.55 Å². The number of rotatable bonds is 3. The molecule has 2 N–H and O–H groups in total. The van der Waals surface area contributed by atoms with Crippen LogP contribution in [0.2, 0.25) is 0 Å². The van der Waals surface area contributed by atoms with Crippen molar-refractivity contribution in [1.82, 2.24) is 0 Å². The van der Waals surface area contributed by atoms with E-state index in [2.05, 4.69) is 18.1 Å². The van der Waals surface area contributed by atoms with Crippen LogP contribution in [0.25, 0.3) is 21.9 Å². The lowest BCUT2D eigenvalue weighted by atomic mass is 10.0. The van der Waals surface area contributed by atoms with Crippen molar-refractivity contribution in [3.8, 4) is 0 Å². The molecular formula is C16H18N2O2. The molecule has 0 unspecified atom stereocenters. The lowest BCUT2D eigenvalue weighted by Crippen LogP contribution is -2.06. The van der Waals surface area contributed by atoms with Crippen molar-refractivity contribution >= 4 is 21.9 Å². The van der Waals surface area contributed by atoms with Gasteiger partial charge in [-0.1, -0.05) is 13.3 Å². The van der Waals surface area contributed by atoms with Crippen LogP contribution in [0.1, 0.15) is 30.9 Å². The van der Waals surface area contributed by atoms with Gasteiger partial charge >= 0.3 is 0 Å². The fourth-order valence-corrected chi connectivity index (χ4v) is 2.52. The van der Waals surface area contributed by atoms with Crippen LogP contribution in [0, 0.1) is 6.92 Å². The van der Waals surface area contributed by atoms with Crippen molar-refractivity contribution in [1.29, 1.82) is 0 Å². The topological polar surface area (TPSA) is 64.7 Å². The Labute approximate surface area is 116 Å². The molecule has 0 radical (unpaired) electrons. The molecule has 0 fully saturated rings. The van der Waals surface area contributed by atoms with Gasteiger partial charge in [0.15, 0.2) is 0 Å². The summed E-state index contributed by atoms with van der Waals surface area (Å²) in [6.45, 7) is 4.23. The van der Waals surface area contributed by atoms with Crippen molar-refractivity contribution in [2.45, 2.75) is 33.1 Å². The summed E-state index contributed by atoms with van der Waals surface area (Å²) < 4.78 is 11.2. The molecule has 4 nitrogen and oxygen atoms in total. The third-order valence-corrected chi connectivity index (χ3v) is 3.65. The summed E-state index contributed by atoms with van der Waals surface area (Å²) in [7, 11) is 0. The average Bonchev–Trinajstić information content (AvgIpc) is 2.83. The largest absolute Gasteiger partial charge is 0.464 e. The molecule has 3 aromatic rings. The van der Waals surface area contributed by atoms with Crippen LogP contribution < -0.4 is 11.4 Å². The fraction of sp³-hybridized carbons (Fsp3) is 0.312. The van der Waals surface area contributed by atoms with Crippen molar-refractivity contribution in [2.24, 2.45) is 10.9 Å². The van der Waals surface area contributed by atoms with Gasteiger partial charge in [-0.15, -0.1) is 5.10 Å². The summed E-state index contributed by atoms with van der Waals surface area (Å²) in [6.07, 6.45) is 5.04. The normalized spacial score (nSPS) is 12.6. The number of benzene rings is 1. The second-order valence-corrected chi connectivity index (χ2v) is 5.11. The first-order valence-electron chi connectivity index (χ1n) is 6.91. The zero-order valence-electron chi connectivity index (χ0n) is 11.8. The second kappa shape index (κ2) is 5.04. The standard InChI is InChI=1S/C16H18N2O2/c1-3-4-5-11-6-16(18-17)20-15-8-14-12(7-13(11)15)10(2)9-19-14/h6-9H,3-5,17H2,1-2H3. The van der Waals surface area contributed by atoms with E-state index in [4.69, 9.17) is 14.7 Å². The summed E-state index contributed by atoms with van der Waals surface area (Å²) in [6, 6.07) is 5.99. The van der Waals surface area contributed by atoms with Crippen molar-refractivity contribution in [3.05, 3.63) is 41.1 Å². The van der Waals surface area contributed by atoms with Crippen LogP contribution in [0.5, 0.6) is 0 Å². The Hall–Kier alpha value is -2.23. The van der Waals surface area contributed by atoms with E-state index in [9.17, 15) is 0 Å². The maximum absolute atomic E-state index is 5.70. The van der Waals surface area contributed by atoms with Crippen LogP contribution in [-0.2, 0) is 6.42 Å². The predicted molar refractivity (Wildman–Crippen MR) is 79.1 cm³/mol. The molecule has 104 valence electrons. The maximum atomic E-state index is 5.70. The Morgan fingerprint density at radius 3 is 2.75 bits per heavy atom. The van der Waals surface area contributed by atoms with E-state index in [-0.39, 0.29) is 0 Å². The Morgan fingerprint density at radius 1 is 1.15 bits per heavy atom. The van der Waals surface area contributed by atoms with E-state index < -0.39 is 0 Å². The number of hydrogen-bond donors (Lipinski definition) is 1. The molecule has 0 aliphatic carbocycles. The zero-order valence-corrected chi connectivity index (χ0v) is 11.8. The number of unbranched alkanes of at least 4 members (excludes halogenated alkanes) is 1. The van der Waals surface area contributed by atoms with Crippen LogP contribution in [0.3, 0.4) is 0 Å². The predicted octanol–water partition coefficient (Wildman–Crippen LogP) is 3.60. The molecule has 0 bridgehead atoms. The Kier molecular flexibility index (Phi) is 3.22. The van der Waals surface area contributed by atoms with Crippen LogP contribution in [0.4, 0.5) is 0 Å². The van der Waals surface area contributed by atoms with Gasteiger partial charge < -0.3 is 14.7 Å². The molecule has 20 heavy (non-hydrogen) atoms. The van der Waals surface area contributed by atoms with Gasteiger partial charge in [-0.05, 0) is 37.0 Å². The van der Waals surface area contributed by atoms with E-state index in [1.54, 1.807) is 6.26 Å². The summed E-state index contributed by atoms with van der Waals surface area (Å²) in [4.78, 5) is 0. The minimum absolute atomic E-state index is 0.450. The van der Waals surface area contributed by atoms with E-state index >= 15 is 0 Å². The minimum Gasteiger partial charge on any atom is -0.464 e.